The molecule has 0 aliphatic heterocycles. The molecule has 2 N–H and O–H groups in total. The van der Waals surface area contributed by atoms with Crippen LogP contribution in [0.3, 0.4) is 0 Å². The van der Waals surface area contributed by atoms with Gasteiger partial charge in [0, 0.05) is 11.6 Å². The van der Waals surface area contributed by atoms with Crippen LogP contribution in [0.2, 0.25) is 0 Å². The van der Waals surface area contributed by atoms with Crippen LogP contribution in [-0.4, -0.2) is 36.5 Å². The van der Waals surface area contributed by atoms with Crippen molar-refractivity contribution in [3.63, 3.8) is 0 Å². The molecule has 0 unspecified atom stereocenters. The number of amides is 2. The molecule has 2 amide bonds. The first-order valence-electron chi connectivity index (χ1n) is 11.4. The van der Waals surface area contributed by atoms with Crippen LogP contribution in [0.4, 0.5) is 0 Å². The number of carbonyl (C=O) groups excluding carboxylic acids is 3. The maximum Gasteiger partial charge on any atom is 0.329 e. The fourth-order valence-corrected chi connectivity index (χ4v) is 3.85. The monoisotopic (exact) mass is 430 g/mol. The summed E-state index contributed by atoms with van der Waals surface area (Å²) in [6.45, 7) is 11.8. The van der Waals surface area contributed by atoms with Crippen molar-refractivity contribution in [2.75, 3.05) is 6.61 Å². The Morgan fingerprint density at radius 1 is 1.06 bits per heavy atom. The summed E-state index contributed by atoms with van der Waals surface area (Å²) >= 11 is 0. The zero-order chi connectivity index (χ0) is 23.2. The van der Waals surface area contributed by atoms with E-state index in [1.54, 1.807) is 12.1 Å². The van der Waals surface area contributed by atoms with E-state index < -0.39 is 12.0 Å². The normalized spacial score (nSPS) is 20.1. The van der Waals surface area contributed by atoms with E-state index in [0.717, 1.165) is 24.8 Å². The van der Waals surface area contributed by atoms with Gasteiger partial charge in [0.05, 0.1) is 0 Å². The van der Waals surface area contributed by atoms with Crippen LogP contribution in [0.5, 0.6) is 0 Å². The van der Waals surface area contributed by atoms with Crippen molar-refractivity contribution in [3.8, 4) is 0 Å². The first-order chi connectivity index (χ1) is 14.5. The van der Waals surface area contributed by atoms with Crippen molar-refractivity contribution in [1.29, 1.82) is 0 Å². The second-order valence-electron chi connectivity index (χ2n) is 10.1. The lowest BCUT2D eigenvalue weighted by Crippen LogP contribution is -2.47. The second-order valence-corrected chi connectivity index (χ2v) is 10.1. The highest BCUT2D eigenvalue weighted by Gasteiger charge is 2.28. The maximum atomic E-state index is 12.7. The van der Waals surface area contributed by atoms with Gasteiger partial charge in [-0.15, -0.1) is 0 Å². The molecule has 1 saturated carbocycles. The molecule has 1 aromatic carbocycles. The number of benzene rings is 1. The molecule has 0 heterocycles. The smallest absolute Gasteiger partial charge is 0.329 e. The molecule has 6 nitrogen and oxygen atoms in total. The van der Waals surface area contributed by atoms with E-state index in [1.807, 2.05) is 26.0 Å². The Morgan fingerprint density at radius 3 is 2.23 bits per heavy atom. The van der Waals surface area contributed by atoms with E-state index in [-0.39, 0.29) is 35.8 Å². The average Bonchev–Trinajstić information content (AvgIpc) is 2.71. The van der Waals surface area contributed by atoms with Crippen LogP contribution in [0.1, 0.15) is 83.1 Å². The second kappa shape index (κ2) is 10.8. The van der Waals surface area contributed by atoms with Crippen molar-refractivity contribution in [2.24, 2.45) is 11.8 Å². The molecule has 0 bridgehead atoms. The number of nitrogens with one attached hydrogen (secondary N) is 2. The van der Waals surface area contributed by atoms with Crippen LogP contribution in [0.15, 0.2) is 24.3 Å². The Morgan fingerprint density at radius 2 is 1.68 bits per heavy atom. The zero-order valence-electron chi connectivity index (χ0n) is 19.8. The molecule has 0 saturated heterocycles. The molecule has 172 valence electrons. The molecule has 3 atom stereocenters. The fraction of sp³-hybridized carbons (Fsp3) is 0.640. The molecule has 1 fully saturated rings. The SMILES string of the molecule is CC(C)[C@H](NC(=O)c1ccc(C(C)(C)C)cc1)C(=O)OCC(=O)N[C@H]1CCCC[C@H]1C. The molecule has 1 aliphatic rings. The molecule has 1 aromatic rings. The average molecular weight is 431 g/mol. The maximum absolute atomic E-state index is 12.7. The van der Waals surface area contributed by atoms with Crippen molar-refractivity contribution in [1.82, 2.24) is 10.6 Å². The third-order valence-electron chi connectivity index (χ3n) is 6.02. The molecule has 31 heavy (non-hydrogen) atoms. The minimum absolute atomic E-state index is 0.00469. The Balaban J connectivity index is 1.91. The molecule has 0 radical (unpaired) electrons. The standard InChI is InChI=1S/C25H38N2O4/c1-16(2)22(27-23(29)18-11-13-19(14-12-18)25(4,5)6)24(30)31-15-21(28)26-20-10-8-7-9-17(20)3/h11-14,16-17,20,22H,7-10,15H2,1-6H3,(H,26,28)(H,27,29)/t17-,20+,22+/m1/s1. The van der Waals surface area contributed by atoms with Crippen molar-refractivity contribution in [2.45, 2.75) is 84.7 Å². The third kappa shape index (κ3) is 7.37. The minimum Gasteiger partial charge on any atom is -0.454 e. The molecule has 6 heteroatoms. The number of ether oxygens (including phenoxy) is 1. The van der Waals surface area contributed by atoms with Crippen molar-refractivity contribution >= 4 is 17.8 Å². The third-order valence-corrected chi connectivity index (χ3v) is 6.02. The fourth-order valence-electron chi connectivity index (χ4n) is 3.85. The van der Waals surface area contributed by atoms with Gasteiger partial charge >= 0.3 is 5.97 Å². The van der Waals surface area contributed by atoms with Gasteiger partial charge in [-0.1, -0.05) is 66.5 Å². The quantitative estimate of drug-likeness (QED) is 0.641. The summed E-state index contributed by atoms with van der Waals surface area (Å²) in [5, 5.41) is 5.73. The molecule has 0 spiro atoms. The van der Waals surface area contributed by atoms with Crippen LogP contribution in [0.25, 0.3) is 0 Å². The topological polar surface area (TPSA) is 84.5 Å². The molecular formula is C25H38N2O4. The van der Waals surface area contributed by atoms with Crippen molar-refractivity contribution < 1.29 is 19.1 Å². The van der Waals surface area contributed by atoms with Gasteiger partial charge in [-0.25, -0.2) is 4.79 Å². The lowest BCUT2D eigenvalue weighted by molar-refractivity contribution is -0.151. The number of rotatable bonds is 7. The number of carbonyl (C=O) groups is 3. The lowest BCUT2D eigenvalue weighted by Gasteiger charge is -2.29. The molecule has 1 aliphatic carbocycles. The number of hydrogen-bond acceptors (Lipinski definition) is 4. The van der Waals surface area contributed by atoms with Gasteiger partial charge in [0.2, 0.25) is 0 Å². The summed E-state index contributed by atoms with van der Waals surface area (Å²) < 4.78 is 5.24. The van der Waals surface area contributed by atoms with Crippen molar-refractivity contribution in [3.05, 3.63) is 35.4 Å². The minimum atomic E-state index is -0.823. The zero-order valence-corrected chi connectivity index (χ0v) is 19.8. The van der Waals surface area contributed by atoms with Gasteiger partial charge in [0.15, 0.2) is 6.61 Å². The van der Waals surface area contributed by atoms with E-state index in [4.69, 9.17) is 4.74 Å². The van der Waals surface area contributed by atoms with Crippen LogP contribution < -0.4 is 10.6 Å². The molecule has 0 aromatic heterocycles. The Labute approximate surface area is 186 Å². The van der Waals surface area contributed by atoms with E-state index in [1.165, 1.54) is 6.42 Å². The highest BCUT2D eigenvalue weighted by molar-refractivity contribution is 5.97. The largest absolute Gasteiger partial charge is 0.454 e. The van der Waals surface area contributed by atoms with Crippen LogP contribution in [-0.2, 0) is 19.7 Å². The summed E-state index contributed by atoms with van der Waals surface area (Å²) in [4.78, 5) is 37.5. The van der Waals surface area contributed by atoms with Crippen LogP contribution >= 0.6 is 0 Å². The van der Waals surface area contributed by atoms with E-state index in [2.05, 4.69) is 38.3 Å². The summed E-state index contributed by atoms with van der Waals surface area (Å²) in [6, 6.07) is 6.69. The van der Waals surface area contributed by atoms with Gasteiger partial charge in [-0.3, -0.25) is 9.59 Å². The van der Waals surface area contributed by atoms with Gasteiger partial charge in [0.1, 0.15) is 6.04 Å². The summed E-state index contributed by atoms with van der Waals surface area (Å²) in [6.07, 6.45) is 4.35. The molecular weight excluding hydrogens is 392 g/mol. The van der Waals surface area contributed by atoms with Gasteiger partial charge < -0.3 is 15.4 Å². The Hall–Kier alpha value is -2.37. The van der Waals surface area contributed by atoms with E-state index >= 15 is 0 Å². The predicted molar refractivity (Wildman–Crippen MR) is 122 cm³/mol. The first kappa shape index (κ1) is 24.9. The first-order valence-corrected chi connectivity index (χ1v) is 11.4. The Bertz CT molecular complexity index is 765. The van der Waals surface area contributed by atoms with E-state index in [0.29, 0.717) is 11.5 Å². The highest BCUT2D eigenvalue weighted by atomic mass is 16.5. The van der Waals surface area contributed by atoms with Gasteiger partial charge in [0.25, 0.3) is 11.8 Å². The summed E-state index contributed by atoms with van der Waals surface area (Å²) in [5.41, 5.74) is 1.60. The highest BCUT2D eigenvalue weighted by Crippen LogP contribution is 2.24. The lowest BCUT2D eigenvalue weighted by atomic mass is 9.86. The predicted octanol–water partition coefficient (Wildman–Crippen LogP) is 3.98. The van der Waals surface area contributed by atoms with Gasteiger partial charge in [-0.2, -0.15) is 0 Å². The van der Waals surface area contributed by atoms with Crippen LogP contribution in [0, 0.1) is 11.8 Å². The summed E-state index contributed by atoms with van der Waals surface area (Å²) in [7, 11) is 0. The number of hydrogen-bond donors (Lipinski definition) is 2. The van der Waals surface area contributed by atoms with Gasteiger partial charge in [-0.05, 0) is 47.8 Å². The summed E-state index contributed by atoms with van der Waals surface area (Å²) in [5.74, 6) is -0.968. The number of esters is 1. The van der Waals surface area contributed by atoms with E-state index in [9.17, 15) is 14.4 Å². The Kier molecular flexibility index (Phi) is 8.66. The molecule has 2 rings (SSSR count).